The van der Waals surface area contributed by atoms with Crippen molar-refractivity contribution in [3.63, 3.8) is 0 Å². The Morgan fingerprint density at radius 2 is 1.68 bits per heavy atom. The maximum absolute atomic E-state index is 14.1. The van der Waals surface area contributed by atoms with E-state index in [1.54, 1.807) is 55.6 Å². The lowest BCUT2D eigenvalue weighted by Gasteiger charge is -2.63. The van der Waals surface area contributed by atoms with Gasteiger partial charge in [0.2, 0.25) is 17.7 Å². The fourth-order valence-electron chi connectivity index (χ4n) is 9.93. The lowest BCUT2D eigenvalue weighted by Crippen LogP contribution is -2.74. The van der Waals surface area contributed by atoms with Crippen molar-refractivity contribution in [2.45, 2.75) is 98.2 Å². The van der Waals surface area contributed by atoms with Crippen molar-refractivity contribution < 1.29 is 38.5 Å². The predicted octanol–water partition coefficient (Wildman–Crippen LogP) is 4.61. The van der Waals surface area contributed by atoms with Crippen LogP contribution in [0, 0.1) is 38.9 Å². The second kappa shape index (κ2) is 21.1. The summed E-state index contributed by atoms with van der Waals surface area (Å²) in [5.74, 6) is 0.140. The van der Waals surface area contributed by atoms with Crippen LogP contribution >= 0.6 is 11.6 Å². The van der Waals surface area contributed by atoms with Crippen molar-refractivity contribution in [2.24, 2.45) is 16.2 Å². The number of aromatic nitrogens is 1. The normalized spacial score (nSPS) is 21.8. The fourth-order valence-corrected chi connectivity index (χ4v) is 10.1. The number of ether oxygens (including phenoxy) is 3. The van der Waals surface area contributed by atoms with E-state index in [9.17, 15) is 34.8 Å². The first-order valence-corrected chi connectivity index (χ1v) is 23.3. The zero-order valence-corrected chi connectivity index (χ0v) is 41.1. The molecule has 3 aliphatic rings. The molecule has 1 aromatic heterocycles. The van der Waals surface area contributed by atoms with Crippen LogP contribution in [-0.4, -0.2) is 133 Å². The molecule has 364 valence electrons. The molecular weight excluding hydrogens is 890 g/mol. The Balaban J connectivity index is 0.931. The molecule has 0 unspecified atom stereocenters. The van der Waals surface area contributed by atoms with Gasteiger partial charge in [0.15, 0.2) is 0 Å². The summed E-state index contributed by atoms with van der Waals surface area (Å²) in [7, 11) is 1.48. The number of rotatable bonds is 16. The minimum absolute atomic E-state index is 0.0374. The van der Waals surface area contributed by atoms with Crippen molar-refractivity contribution in [3.05, 3.63) is 82.0 Å². The number of β-amino-alcohol motifs (C(OH)–C–C–N with tert-alkyl or cyclic N) is 1. The Kier molecular flexibility index (Phi) is 16.0. The van der Waals surface area contributed by atoms with Gasteiger partial charge in [-0.25, -0.2) is 4.98 Å². The molecule has 4 amide bonds. The summed E-state index contributed by atoms with van der Waals surface area (Å²) >= 11 is 6.25. The van der Waals surface area contributed by atoms with Crippen LogP contribution in [0.25, 0.3) is 0 Å². The fraction of sp³-hybridized carbons (Fsp3) is 0.540. The number of nitrogens with one attached hydrogen (secondary N) is 3. The van der Waals surface area contributed by atoms with Crippen LogP contribution in [-0.2, 0) is 19.1 Å². The molecule has 2 aromatic carbocycles. The molecule has 2 saturated heterocycles. The number of amides is 4. The van der Waals surface area contributed by atoms with Crippen LogP contribution in [0.3, 0.4) is 0 Å². The maximum Gasteiger partial charge on any atom is 0.253 e. The standard InChI is InChI=1S/C50H64ClN9O8/c1-30(36-14-10-31(25-52)22-39(36)66-9)55-44(64)38-23-34(61)28-60(38)45(65)42(48(2,3)4)56-41(62)29-67-21-20-58-16-18-59(19-17-58)40-15-12-33(27-54-40)43(63)57-46-49(5,6)47(50(46,7)8)68-35-13-11-32(26-53)37(51)24-35/h10-15,22,24,27,30,34,38,42,46-47,61H,16-21,23,28-29H2,1-9H3,(H,55,64)(H,56,62)(H,57,63)/t30-,34+,38-,42+,46-,47-/m0/s1. The number of carbonyl (C=O) groups is 4. The predicted molar refractivity (Wildman–Crippen MR) is 255 cm³/mol. The second-order valence-electron chi connectivity index (χ2n) is 20.1. The van der Waals surface area contributed by atoms with E-state index in [0.29, 0.717) is 58.4 Å². The number of hydrogen-bond acceptors (Lipinski definition) is 13. The van der Waals surface area contributed by atoms with E-state index in [1.165, 1.54) is 12.0 Å². The van der Waals surface area contributed by atoms with E-state index in [4.69, 9.17) is 25.8 Å². The van der Waals surface area contributed by atoms with Gasteiger partial charge in [0.25, 0.3) is 5.91 Å². The number of aliphatic hydroxyl groups excluding tert-OH is 1. The van der Waals surface area contributed by atoms with Gasteiger partial charge in [0.05, 0.1) is 53.6 Å². The van der Waals surface area contributed by atoms with E-state index in [-0.39, 0.29) is 44.2 Å². The zero-order chi connectivity index (χ0) is 49.7. The first-order chi connectivity index (χ1) is 32.1. The van der Waals surface area contributed by atoms with Crippen molar-refractivity contribution in [1.82, 2.24) is 30.7 Å². The van der Waals surface area contributed by atoms with Gasteiger partial charge in [-0.1, -0.05) is 66.1 Å². The van der Waals surface area contributed by atoms with Gasteiger partial charge in [-0.05, 0) is 48.7 Å². The molecule has 3 aromatic rings. The number of likely N-dealkylation sites (tertiary alicyclic amines) is 1. The van der Waals surface area contributed by atoms with Crippen LogP contribution in [0.4, 0.5) is 5.82 Å². The van der Waals surface area contributed by atoms with Crippen LogP contribution in [0.2, 0.25) is 5.02 Å². The number of carbonyl (C=O) groups excluding carboxylic acids is 4. The minimum Gasteiger partial charge on any atom is -0.496 e. The van der Waals surface area contributed by atoms with E-state index in [1.807, 2.05) is 26.8 Å². The van der Waals surface area contributed by atoms with E-state index in [0.717, 1.165) is 18.9 Å². The summed E-state index contributed by atoms with van der Waals surface area (Å²) in [5, 5.41) is 38.4. The van der Waals surface area contributed by atoms with Crippen LogP contribution in [0.15, 0.2) is 54.7 Å². The number of methoxy groups -OCH3 is 1. The molecule has 17 nitrogen and oxygen atoms in total. The molecule has 0 spiro atoms. The van der Waals surface area contributed by atoms with Crippen molar-refractivity contribution in [1.29, 1.82) is 10.5 Å². The summed E-state index contributed by atoms with van der Waals surface area (Å²) in [6.07, 6.45) is 0.486. The number of benzene rings is 2. The van der Waals surface area contributed by atoms with Gasteiger partial charge in [0, 0.05) is 80.4 Å². The Morgan fingerprint density at radius 3 is 2.28 bits per heavy atom. The highest BCUT2D eigenvalue weighted by molar-refractivity contribution is 6.31. The first kappa shape index (κ1) is 51.4. The van der Waals surface area contributed by atoms with E-state index >= 15 is 0 Å². The van der Waals surface area contributed by atoms with Gasteiger partial charge in [-0.2, -0.15) is 10.5 Å². The number of nitrogens with zero attached hydrogens (tertiary/aromatic N) is 6. The summed E-state index contributed by atoms with van der Waals surface area (Å²) in [6, 6.07) is 15.0. The maximum atomic E-state index is 14.1. The largest absolute Gasteiger partial charge is 0.496 e. The molecule has 3 heterocycles. The smallest absolute Gasteiger partial charge is 0.253 e. The average Bonchev–Trinajstić information content (AvgIpc) is 3.71. The summed E-state index contributed by atoms with van der Waals surface area (Å²) in [6.45, 7) is 18.9. The highest BCUT2D eigenvalue weighted by Crippen LogP contribution is 2.55. The third-order valence-electron chi connectivity index (χ3n) is 13.4. The molecule has 4 N–H and O–H groups in total. The number of pyridine rings is 1. The molecule has 0 bridgehead atoms. The van der Waals surface area contributed by atoms with Crippen molar-refractivity contribution in [2.75, 3.05) is 64.5 Å². The molecule has 2 aliphatic heterocycles. The number of piperazine rings is 1. The third-order valence-corrected chi connectivity index (χ3v) is 13.7. The zero-order valence-electron chi connectivity index (χ0n) is 40.4. The first-order valence-electron chi connectivity index (χ1n) is 22.9. The lowest BCUT2D eigenvalue weighted by molar-refractivity contribution is -0.164. The number of hydrogen-bond donors (Lipinski definition) is 4. The summed E-state index contributed by atoms with van der Waals surface area (Å²) in [4.78, 5) is 64.8. The SMILES string of the molecule is COc1cc(C#N)ccc1[C@H](C)NC(=O)[C@@H]1C[C@@H](O)CN1C(=O)[C@@H](NC(=O)COCCN1CCN(c2ccc(C(=O)N[C@H]3C(C)(C)[C@H](Oc4ccc(C#N)c(Cl)c4)C3(C)C)cn2)CC1)C(C)(C)C. The Bertz CT molecular complexity index is 2400. The molecule has 3 fully saturated rings. The molecule has 68 heavy (non-hydrogen) atoms. The van der Waals surface area contributed by atoms with E-state index < -0.39 is 58.2 Å². The summed E-state index contributed by atoms with van der Waals surface area (Å²) in [5.41, 5.74) is 0.349. The molecule has 4 atom stereocenters. The average molecular weight is 955 g/mol. The molecule has 0 radical (unpaired) electrons. The van der Waals surface area contributed by atoms with Gasteiger partial charge < -0.3 is 45.1 Å². The number of anilines is 1. The number of aliphatic hydroxyl groups is 1. The summed E-state index contributed by atoms with van der Waals surface area (Å²) < 4.78 is 17.6. The Hall–Kier alpha value is -5.98. The van der Waals surface area contributed by atoms with Gasteiger partial charge in [0.1, 0.15) is 48.2 Å². The highest BCUT2D eigenvalue weighted by atomic mass is 35.5. The van der Waals surface area contributed by atoms with Gasteiger partial charge in [-0.3, -0.25) is 24.1 Å². The molecular formula is C50H64ClN9O8. The molecule has 18 heteroatoms. The van der Waals surface area contributed by atoms with Crippen LogP contribution < -0.4 is 30.3 Å². The lowest BCUT2D eigenvalue weighted by atomic mass is 9.49. The quantitative estimate of drug-likeness (QED) is 0.144. The second-order valence-corrected chi connectivity index (χ2v) is 20.6. The Morgan fingerprint density at radius 1 is 0.971 bits per heavy atom. The third kappa shape index (κ3) is 11.5. The van der Waals surface area contributed by atoms with Crippen molar-refractivity contribution >= 4 is 41.0 Å². The van der Waals surface area contributed by atoms with Crippen LogP contribution in [0.1, 0.15) is 94.9 Å². The molecule has 6 rings (SSSR count). The van der Waals surface area contributed by atoms with Gasteiger partial charge in [-0.15, -0.1) is 0 Å². The molecule has 1 saturated carbocycles. The topological polar surface area (TPSA) is 222 Å². The minimum atomic E-state index is -1.00. The monoisotopic (exact) mass is 953 g/mol. The Labute approximate surface area is 404 Å². The molecule has 1 aliphatic carbocycles. The highest BCUT2D eigenvalue weighted by Gasteiger charge is 2.64. The van der Waals surface area contributed by atoms with Crippen molar-refractivity contribution in [3.8, 4) is 23.6 Å². The van der Waals surface area contributed by atoms with E-state index in [2.05, 4.69) is 70.6 Å². The number of nitriles is 2. The van der Waals surface area contributed by atoms with Crippen LogP contribution in [0.5, 0.6) is 11.5 Å². The number of halogens is 1. The van der Waals surface area contributed by atoms with Gasteiger partial charge >= 0.3 is 0 Å².